The van der Waals surface area contributed by atoms with Crippen molar-refractivity contribution in [3.63, 3.8) is 0 Å². The fourth-order valence-corrected chi connectivity index (χ4v) is 4.34. The Hall–Kier alpha value is -3.00. The highest BCUT2D eigenvalue weighted by atomic mass is 32.1. The van der Waals surface area contributed by atoms with Gasteiger partial charge in [0.25, 0.3) is 5.56 Å². The average Bonchev–Trinajstić information content (AvgIpc) is 3.30. The number of fused-ring (bicyclic) bond motifs is 1. The van der Waals surface area contributed by atoms with Crippen LogP contribution in [0.3, 0.4) is 0 Å². The van der Waals surface area contributed by atoms with Crippen LogP contribution in [0.4, 0.5) is 0 Å². The summed E-state index contributed by atoms with van der Waals surface area (Å²) in [4.78, 5) is 47.8. The third-order valence-corrected chi connectivity index (χ3v) is 6.09. The molecule has 1 aliphatic heterocycles. The Morgan fingerprint density at radius 1 is 1.28 bits per heavy atom. The van der Waals surface area contributed by atoms with Crippen LogP contribution in [0.25, 0.3) is 10.2 Å². The monoisotopic (exact) mass is 410 g/mol. The number of nitrogens with zero attached hydrogens (tertiary/aromatic N) is 3. The maximum Gasteiger partial charge on any atom is 0.268 e. The highest BCUT2D eigenvalue weighted by Gasteiger charge is 2.35. The number of carbonyl (C=O) groups is 2. The second-order valence-corrected chi connectivity index (χ2v) is 8.42. The molecule has 0 radical (unpaired) electrons. The zero-order valence-corrected chi connectivity index (χ0v) is 17.2. The number of amides is 2. The second kappa shape index (κ2) is 7.79. The van der Waals surface area contributed by atoms with E-state index in [9.17, 15) is 14.4 Å². The lowest BCUT2D eigenvalue weighted by molar-refractivity contribution is -0.135. The Bertz CT molecular complexity index is 1120. The number of H-pyrrole nitrogens is 1. The van der Waals surface area contributed by atoms with Crippen LogP contribution in [0.5, 0.6) is 0 Å². The van der Waals surface area contributed by atoms with E-state index in [0.29, 0.717) is 29.1 Å². The van der Waals surface area contributed by atoms with Gasteiger partial charge >= 0.3 is 0 Å². The number of benzene rings is 1. The van der Waals surface area contributed by atoms with Gasteiger partial charge in [0.2, 0.25) is 11.8 Å². The Labute approximate surface area is 172 Å². The molecule has 0 saturated carbocycles. The number of hydrogen-bond donors (Lipinski definition) is 1. The summed E-state index contributed by atoms with van der Waals surface area (Å²) >= 11 is 1.34. The molecule has 3 heterocycles. The molecule has 1 aliphatic rings. The molecule has 4 rings (SSSR count). The zero-order valence-electron chi connectivity index (χ0n) is 16.3. The minimum atomic E-state index is -0.380. The summed E-state index contributed by atoms with van der Waals surface area (Å²) in [6, 6.07) is 9.84. The van der Waals surface area contributed by atoms with Crippen LogP contribution >= 0.6 is 11.3 Å². The van der Waals surface area contributed by atoms with Gasteiger partial charge in [0.1, 0.15) is 10.5 Å². The van der Waals surface area contributed by atoms with Gasteiger partial charge in [-0.2, -0.15) is 0 Å². The van der Waals surface area contributed by atoms with Crippen LogP contribution in [0, 0.1) is 12.8 Å². The maximum absolute atomic E-state index is 12.9. The topological polar surface area (TPSA) is 86.4 Å². The quantitative estimate of drug-likeness (QED) is 0.699. The van der Waals surface area contributed by atoms with E-state index in [0.717, 1.165) is 5.56 Å². The van der Waals surface area contributed by atoms with Gasteiger partial charge in [-0.15, -0.1) is 11.3 Å². The first-order chi connectivity index (χ1) is 13.9. The molecule has 0 aliphatic carbocycles. The summed E-state index contributed by atoms with van der Waals surface area (Å²) in [5.74, 6) is -0.0616. The first kappa shape index (κ1) is 19.3. The van der Waals surface area contributed by atoms with E-state index in [1.165, 1.54) is 21.8 Å². The van der Waals surface area contributed by atoms with E-state index < -0.39 is 0 Å². The largest absolute Gasteiger partial charge is 0.338 e. The van der Waals surface area contributed by atoms with Gasteiger partial charge in [-0.25, -0.2) is 4.98 Å². The summed E-state index contributed by atoms with van der Waals surface area (Å²) in [6.45, 7) is 3.13. The van der Waals surface area contributed by atoms with Crippen molar-refractivity contribution < 1.29 is 9.59 Å². The Balaban J connectivity index is 1.41. The van der Waals surface area contributed by atoms with Crippen molar-refractivity contribution >= 4 is 33.4 Å². The van der Waals surface area contributed by atoms with Gasteiger partial charge in [-0.1, -0.05) is 29.8 Å². The average molecular weight is 410 g/mol. The Morgan fingerprint density at radius 2 is 2.03 bits per heavy atom. The number of hydrogen-bond acceptors (Lipinski definition) is 5. The minimum Gasteiger partial charge on any atom is -0.338 e. The molecule has 8 heteroatoms. The fraction of sp³-hybridized carbons (Fsp3) is 0.333. The molecule has 1 N–H and O–H groups in total. The van der Waals surface area contributed by atoms with E-state index in [-0.39, 0.29) is 36.3 Å². The van der Waals surface area contributed by atoms with Crippen LogP contribution in [0.15, 0.2) is 40.5 Å². The minimum absolute atomic E-state index is 0.0106. The van der Waals surface area contributed by atoms with Gasteiger partial charge in [0.05, 0.1) is 18.0 Å². The van der Waals surface area contributed by atoms with Gasteiger partial charge in [-0.3, -0.25) is 14.4 Å². The van der Waals surface area contributed by atoms with E-state index >= 15 is 0 Å². The number of thiophene rings is 1. The first-order valence-corrected chi connectivity index (χ1v) is 10.3. The lowest BCUT2D eigenvalue weighted by Crippen LogP contribution is -2.35. The summed E-state index contributed by atoms with van der Waals surface area (Å²) in [7, 11) is 1.67. The van der Waals surface area contributed by atoms with Crippen LogP contribution in [0.2, 0.25) is 0 Å². The molecule has 1 aromatic carbocycles. The van der Waals surface area contributed by atoms with Crippen molar-refractivity contribution in [2.45, 2.75) is 26.4 Å². The van der Waals surface area contributed by atoms with E-state index in [2.05, 4.69) is 9.97 Å². The zero-order chi connectivity index (χ0) is 20.5. The lowest BCUT2D eigenvalue weighted by atomic mass is 10.1. The van der Waals surface area contributed by atoms with Crippen LogP contribution < -0.4 is 5.56 Å². The van der Waals surface area contributed by atoms with Crippen molar-refractivity contribution in [1.29, 1.82) is 0 Å². The first-order valence-electron chi connectivity index (χ1n) is 9.45. The summed E-state index contributed by atoms with van der Waals surface area (Å²) in [6.07, 6.45) is 0.211. The number of aromatic amines is 1. The number of likely N-dealkylation sites (tertiary alicyclic amines) is 1. The standard InChI is InChI=1S/C21H22N4O3S/c1-13-3-5-14(6-4-13)10-25-11-15(9-18(25)26)21(28)24(2)12-17-22-16-7-8-29-19(16)20(27)23-17/h3-8,15H,9-12H2,1-2H3,(H,22,23,27). The van der Waals surface area contributed by atoms with Crippen LogP contribution in [0.1, 0.15) is 23.4 Å². The van der Waals surface area contributed by atoms with Crippen molar-refractivity contribution in [3.8, 4) is 0 Å². The predicted octanol–water partition coefficient (Wildman–Crippen LogP) is 2.30. The van der Waals surface area contributed by atoms with Gasteiger partial charge in [-0.05, 0) is 23.9 Å². The molecular formula is C21H22N4O3S. The van der Waals surface area contributed by atoms with Crippen LogP contribution in [-0.4, -0.2) is 45.2 Å². The summed E-state index contributed by atoms with van der Waals surface area (Å²) < 4.78 is 0.580. The molecule has 7 nitrogen and oxygen atoms in total. The smallest absolute Gasteiger partial charge is 0.268 e. The van der Waals surface area contributed by atoms with E-state index in [1.807, 2.05) is 36.6 Å². The number of aryl methyl sites for hydroxylation is 1. The molecule has 29 heavy (non-hydrogen) atoms. The molecule has 2 aromatic heterocycles. The Kier molecular flexibility index (Phi) is 5.19. The SMILES string of the molecule is Cc1ccc(CN2CC(C(=O)N(C)Cc3nc4ccsc4c(=O)[nH]3)CC2=O)cc1. The molecule has 1 unspecified atom stereocenters. The normalized spacial score (nSPS) is 16.6. The molecule has 0 spiro atoms. The third-order valence-electron chi connectivity index (χ3n) is 5.18. The Morgan fingerprint density at radius 3 is 2.79 bits per heavy atom. The molecule has 0 bridgehead atoms. The third kappa shape index (κ3) is 4.07. The van der Waals surface area contributed by atoms with Crippen LogP contribution in [-0.2, 0) is 22.7 Å². The van der Waals surface area contributed by atoms with Crippen molar-refractivity contribution in [3.05, 3.63) is 63.0 Å². The van der Waals surface area contributed by atoms with Gasteiger partial charge in [0, 0.05) is 26.6 Å². The number of carbonyl (C=O) groups excluding carboxylic acids is 2. The maximum atomic E-state index is 12.9. The predicted molar refractivity (Wildman–Crippen MR) is 111 cm³/mol. The molecule has 1 atom stereocenters. The number of nitrogens with one attached hydrogen (secondary N) is 1. The summed E-state index contributed by atoms with van der Waals surface area (Å²) in [5, 5.41) is 1.82. The highest BCUT2D eigenvalue weighted by molar-refractivity contribution is 7.17. The van der Waals surface area contributed by atoms with Crippen molar-refractivity contribution in [2.24, 2.45) is 5.92 Å². The second-order valence-electron chi connectivity index (χ2n) is 7.50. The van der Waals surface area contributed by atoms with E-state index in [1.54, 1.807) is 18.0 Å². The molecule has 2 amide bonds. The highest BCUT2D eigenvalue weighted by Crippen LogP contribution is 2.23. The molecule has 1 saturated heterocycles. The molecule has 1 fully saturated rings. The van der Waals surface area contributed by atoms with Gasteiger partial charge in [0.15, 0.2) is 0 Å². The number of aromatic nitrogens is 2. The summed E-state index contributed by atoms with van der Waals surface area (Å²) in [5.41, 5.74) is 2.66. The van der Waals surface area contributed by atoms with Gasteiger partial charge < -0.3 is 14.8 Å². The fourth-order valence-electron chi connectivity index (χ4n) is 3.62. The van der Waals surface area contributed by atoms with Crippen molar-refractivity contribution in [2.75, 3.05) is 13.6 Å². The molecule has 150 valence electrons. The molecule has 3 aromatic rings. The molecular weight excluding hydrogens is 388 g/mol. The van der Waals surface area contributed by atoms with Crippen molar-refractivity contribution in [1.82, 2.24) is 19.8 Å². The lowest BCUT2D eigenvalue weighted by Gasteiger charge is -2.21. The van der Waals surface area contributed by atoms with E-state index in [4.69, 9.17) is 0 Å². The number of rotatable bonds is 5.